The molecule has 5 nitrogen and oxygen atoms in total. The zero-order valence-corrected chi connectivity index (χ0v) is 16.8. The first kappa shape index (κ1) is 22.9. The third-order valence-corrected chi connectivity index (χ3v) is 4.35. The van der Waals surface area contributed by atoms with Gasteiger partial charge in [0.15, 0.2) is 11.9 Å². The Morgan fingerprint density at radius 1 is 0.885 bits per heavy atom. The van der Waals surface area contributed by atoms with Crippen LogP contribution >= 0.6 is 0 Å². The zero-order valence-electron chi connectivity index (χ0n) is 16.8. The lowest BCUT2D eigenvalue weighted by molar-refractivity contribution is -0.383. The Morgan fingerprint density at radius 2 is 1.42 bits per heavy atom. The molecule has 0 aromatic heterocycles. The number of hydrogen-bond acceptors (Lipinski definition) is 5. The van der Waals surface area contributed by atoms with Crippen molar-refractivity contribution < 1.29 is 24.4 Å². The first-order chi connectivity index (χ1) is 12.6. The van der Waals surface area contributed by atoms with Crippen molar-refractivity contribution in [3.63, 3.8) is 0 Å². The smallest absolute Gasteiger partial charge is 0.193 e. The van der Waals surface area contributed by atoms with Gasteiger partial charge in [0, 0.05) is 18.8 Å². The summed E-state index contributed by atoms with van der Waals surface area (Å²) < 4.78 is 17.8. The molecule has 0 aliphatic rings. The molecule has 0 aliphatic heterocycles. The van der Waals surface area contributed by atoms with Gasteiger partial charge in [-0.25, -0.2) is 4.89 Å². The first-order valence-corrected chi connectivity index (χ1v) is 9.92. The molecule has 1 unspecified atom stereocenters. The van der Waals surface area contributed by atoms with Crippen LogP contribution in [0.2, 0.25) is 0 Å². The van der Waals surface area contributed by atoms with E-state index < -0.39 is 11.9 Å². The van der Waals surface area contributed by atoms with E-state index in [-0.39, 0.29) is 0 Å². The fourth-order valence-electron chi connectivity index (χ4n) is 2.58. The van der Waals surface area contributed by atoms with Crippen molar-refractivity contribution in [2.45, 2.75) is 78.1 Å². The van der Waals surface area contributed by atoms with E-state index in [1.807, 2.05) is 24.3 Å². The van der Waals surface area contributed by atoms with Crippen molar-refractivity contribution in [3.05, 3.63) is 29.8 Å². The molecular formula is C21H36O5. The normalized spacial score (nSPS) is 13.8. The van der Waals surface area contributed by atoms with Crippen molar-refractivity contribution in [2.75, 3.05) is 19.8 Å². The number of hydrogen-bond donors (Lipinski definition) is 1. The van der Waals surface area contributed by atoms with Crippen LogP contribution < -0.4 is 4.74 Å². The van der Waals surface area contributed by atoms with Gasteiger partial charge in [-0.3, -0.25) is 5.26 Å². The predicted molar refractivity (Wildman–Crippen MR) is 103 cm³/mol. The number of rotatable bonds is 15. The van der Waals surface area contributed by atoms with Crippen molar-refractivity contribution in [1.29, 1.82) is 0 Å². The molecule has 150 valence electrons. The average Bonchev–Trinajstić information content (AvgIpc) is 2.67. The molecule has 0 aliphatic carbocycles. The van der Waals surface area contributed by atoms with E-state index in [2.05, 4.69) is 20.8 Å². The monoisotopic (exact) mass is 368 g/mol. The summed E-state index contributed by atoms with van der Waals surface area (Å²) >= 11 is 0. The van der Waals surface area contributed by atoms with Crippen LogP contribution in [0, 0.1) is 0 Å². The van der Waals surface area contributed by atoms with E-state index in [0.717, 1.165) is 44.1 Å². The largest absolute Gasteiger partial charge is 0.493 e. The third-order valence-electron chi connectivity index (χ3n) is 4.35. The quantitative estimate of drug-likeness (QED) is 0.191. The topological polar surface area (TPSA) is 57.2 Å². The summed E-state index contributed by atoms with van der Waals surface area (Å²) in [5.74, 6) is 0.681. The lowest BCUT2D eigenvalue weighted by Crippen LogP contribution is -2.43. The molecule has 0 amide bonds. The van der Waals surface area contributed by atoms with E-state index in [9.17, 15) is 5.26 Å². The fourth-order valence-corrected chi connectivity index (χ4v) is 2.58. The molecule has 0 heterocycles. The highest BCUT2D eigenvalue weighted by molar-refractivity contribution is 5.38. The van der Waals surface area contributed by atoms with Crippen LogP contribution in [0.3, 0.4) is 0 Å². The van der Waals surface area contributed by atoms with Gasteiger partial charge in [-0.1, -0.05) is 58.2 Å². The SMILES string of the molecule is CCCCOc1ccccc1C(C)(OO)C(OCCCC)OCCCC. The molecule has 26 heavy (non-hydrogen) atoms. The molecule has 0 saturated carbocycles. The second kappa shape index (κ2) is 13.1. The van der Waals surface area contributed by atoms with Crippen molar-refractivity contribution in [3.8, 4) is 5.75 Å². The van der Waals surface area contributed by atoms with E-state index in [0.29, 0.717) is 25.6 Å². The van der Waals surface area contributed by atoms with Crippen molar-refractivity contribution in [2.24, 2.45) is 0 Å². The lowest BCUT2D eigenvalue weighted by atomic mass is 9.94. The van der Waals surface area contributed by atoms with E-state index in [1.165, 1.54) is 0 Å². The van der Waals surface area contributed by atoms with E-state index >= 15 is 0 Å². The molecule has 0 saturated heterocycles. The molecule has 5 heteroatoms. The van der Waals surface area contributed by atoms with Crippen LogP contribution in [-0.4, -0.2) is 31.4 Å². The molecular weight excluding hydrogens is 332 g/mol. The van der Waals surface area contributed by atoms with Crippen molar-refractivity contribution >= 4 is 0 Å². The Morgan fingerprint density at radius 3 is 1.96 bits per heavy atom. The third kappa shape index (κ3) is 6.88. The Labute approximate surface area is 158 Å². The Balaban J connectivity index is 3.04. The van der Waals surface area contributed by atoms with Crippen LogP contribution in [0.15, 0.2) is 24.3 Å². The summed E-state index contributed by atoms with van der Waals surface area (Å²) in [4.78, 5) is 4.96. The van der Waals surface area contributed by atoms with Gasteiger partial charge >= 0.3 is 0 Å². The van der Waals surface area contributed by atoms with Gasteiger partial charge in [0.05, 0.1) is 6.61 Å². The van der Waals surface area contributed by atoms with Crippen LogP contribution in [0.5, 0.6) is 5.75 Å². The first-order valence-electron chi connectivity index (χ1n) is 9.92. The molecule has 0 bridgehead atoms. The van der Waals surface area contributed by atoms with Gasteiger partial charge < -0.3 is 14.2 Å². The summed E-state index contributed by atoms with van der Waals surface area (Å²) in [7, 11) is 0. The minimum absolute atomic E-state index is 0.547. The number of unbranched alkanes of at least 4 members (excludes halogenated alkanes) is 3. The molecule has 0 radical (unpaired) electrons. The van der Waals surface area contributed by atoms with Gasteiger partial charge in [0.1, 0.15) is 5.75 Å². The summed E-state index contributed by atoms with van der Waals surface area (Å²) in [5.41, 5.74) is -0.457. The van der Waals surface area contributed by atoms with Crippen LogP contribution in [0.25, 0.3) is 0 Å². The van der Waals surface area contributed by atoms with Gasteiger partial charge in [0.2, 0.25) is 0 Å². The molecule has 1 atom stereocenters. The number of ether oxygens (including phenoxy) is 3. The lowest BCUT2D eigenvalue weighted by Gasteiger charge is -2.35. The molecule has 1 N–H and O–H groups in total. The Hall–Kier alpha value is -1.14. The van der Waals surface area contributed by atoms with Crippen LogP contribution in [-0.2, 0) is 20.0 Å². The zero-order chi connectivity index (χ0) is 19.3. The highest BCUT2D eigenvalue weighted by atomic mass is 17.1. The Kier molecular flexibility index (Phi) is 11.5. The standard InChI is InChI=1S/C21H36O5/c1-5-8-15-23-19-14-12-11-13-18(19)21(4,26-22)20(24-16-9-6-2)25-17-10-7-3/h11-14,20,22H,5-10,15-17H2,1-4H3. The summed E-state index contributed by atoms with van der Waals surface area (Å²) in [5, 5.41) is 9.80. The highest BCUT2D eigenvalue weighted by Crippen LogP contribution is 2.37. The number of para-hydroxylation sites is 1. The molecule has 1 aromatic rings. The van der Waals surface area contributed by atoms with Gasteiger partial charge in [0.25, 0.3) is 0 Å². The maximum atomic E-state index is 9.80. The minimum Gasteiger partial charge on any atom is -0.493 e. The highest BCUT2D eigenvalue weighted by Gasteiger charge is 2.42. The molecule has 1 rings (SSSR count). The van der Waals surface area contributed by atoms with Crippen molar-refractivity contribution in [1.82, 2.24) is 0 Å². The second-order valence-electron chi connectivity index (χ2n) is 6.68. The average molecular weight is 369 g/mol. The maximum Gasteiger partial charge on any atom is 0.193 e. The van der Waals surface area contributed by atoms with E-state index in [1.54, 1.807) is 6.92 Å². The second-order valence-corrected chi connectivity index (χ2v) is 6.68. The van der Waals surface area contributed by atoms with Gasteiger partial charge in [-0.2, -0.15) is 0 Å². The minimum atomic E-state index is -1.18. The summed E-state index contributed by atoms with van der Waals surface area (Å²) in [6, 6.07) is 7.58. The van der Waals surface area contributed by atoms with Crippen LogP contribution in [0.1, 0.15) is 71.8 Å². The van der Waals surface area contributed by atoms with Gasteiger partial charge in [-0.15, -0.1) is 0 Å². The summed E-state index contributed by atoms with van der Waals surface area (Å²) in [6.07, 6.45) is 5.19. The maximum absolute atomic E-state index is 9.80. The predicted octanol–water partition coefficient (Wildman–Crippen LogP) is 5.53. The fraction of sp³-hybridized carbons (Fsp3) is 0.714. The van der Waals surface area contributed by atoms with Gasteiger partial charge in [-0.05, 0) is 32.3 Å². The molecule has 1 aromatic carbocycles. The Bertz CT molecular complexity index is 469. The van der Waals surface area contributed by atoms with E-state index in [4.69, 9.17) is 19.1 Å². The van der Waals surface area contributed by atoms with Crippen LogP contribution in [0.4, 0.5) is 0 Å². The molecule has 0 spiro atoms. The summed E-state index contributed by atoms with van der Waals surface area (Å²) in [6.45, 7) is 9.82. The molecule has 0 fully saturated rings. The number of benzene rings is 1.